The van der Waals surface area contributed by atoms with Gasteiger partial charge in [-0.05, 0) is 12.1 Å². The van der Waals surface area contributed by atoms with Crippen LogP contribution in [-0.4, -0.2) is 48.4 Å². The van der Waals surface area contributed by atoms with Crippen molar-refractivity contribution in [1.29, 1.82) is 0 Å². The Kier molecular flexibility index (Phi) is 4.33. The third-order valence-corrected chi connectivity index (χ3v) is 3.60. The van der Waals surface area contributed by atoms with E-state index in [1.165, 1.54) is 0 Å². The van der Waals surface area contributed by atoms with Crippen LogP contribution in [0.5, 0.6) is 0 Å². The van der Waals surface area contributed by atoms with Crippen molar-refractivity contribution in [1.82, 2.24) is 9.80 Å². The van der Waals surface area contributed by atoms with Crippen molar-refractivity contribution in [2.45, 2.75) is 13.0 Å². The minimum Gasteiger partial charge on any atom is -0.368 e. The molecular weight excluding hydrogens is 226 g/mol. The predicted molar refractivity (Wildman–Crippen MR) is 72.1 cm³/mol. The van der Waals surface area contributed by atoms with Gasteiger partial charge in [0.25, 0.3) is 0 Å². The Hall–Kier alpha value is -1.39. The van der Waals surface area contributed by atoms with E-state index in [1.807, 2.05) is 30.3 Å². The molecule has 1 amide bonds. The Bertz CT molecular complexity index is 385. The number of primary amides is 1. The lowest BCUT2D eigenvalue weighted by Crippen LogP contribution is -2.50. The van der Waals surface area contributed by atoms with Crippen LogP contribution in [-0.2, 0) is 4.79 Å². The van der Waals surface area contributed by atoms with E-state index in [9.17, 15) is 4.79 Å². The smallest absolute Gasteiger partial charge is 0.239 e. The molecule has 1 aliphatic heterocycles. The van der Waals surface area contributed by atoms with Gasteiger partial charge in [0.2, 0.25) is 5.91 Å². The number of carbonyl (C=O) groups is 1. The highest BCUT2D eigenvalue weighted by Crippen LogP contribution is 2.21. The van der Waals surface area contributed by atoms with Crippen molar-refractivity contribution in [3.05, 3.63) is 35.9 Å². The average Bonchev–Trinajstić information content (AvgIpc) is 2.40. The van der Waals surface area contributed by atoms with E-state index in [1.54, 1.807) is 0 Å². The molecule has 1 fully saturated rings. The van der Waals surface area contributed by atoms with Crippen LogP contribution in [0.3, 0.4) is 0 Å². The fourth-order valence-electron chi connectivity index (χ4n) is 2.53. The summed E-state index contributed by atoms with van der Waals surface area (Å²) in [5.74, 6) is -0.258. The average molecular weight is 247 g/mol. The first kappa shape index (κ1) is 13.1. The summed E-state index contributed by atoms with van der Waals surface area (Å²) in [6.45, 7) is 7.05. The van der Waals surface area contributed by atoms with Crippen molar-refractivity contribution in [3.63, 3.8) is 0 Å². The molecule has 1 atom stereocenters. The fraction of sp³-hybridized carbons (Fsp3) is 0.500. The third-order valence-electron chi connectivity index (χ3n) is 3.60. The van der Waals surface area contributed by atoms with Gasteiger partial charge in [-0.15, -0.1) is 0 Å². The zero-order valence-corrected chi connectivity index (χ0v) is 10.9. The molecule has 0 aromatic heterocycles. The number of likely N-dealkylation sites (N-methyl/N-ethyl adjacent to an activating group) is 1. The number of hydrogen-bond donors (Lipinski definition) is 1. The molecule has 1 heterocycles. The van der Waals surface area contributed by atoms with Crippen LogP contribution in [0.4, 0.5) is 0 Å². The van der Waals surface area contributed by atoms with Gasteiger partial charge in [0.1, 0.15) is 6.04 Å². The minimum atomic E-state index is -0.287. The highest BCUT2D eigenvalue weighted by Gasteiger charge is 2.28. The summed E-state index contributed by atoms with van der Waals surface area (Å²) in [5, 5.41) is 0. The quantitative estimate of drug-likeness (QED) is 0.858. The molecule has 98 valence electrons. The van der Waals surface area contributed by atoms with Crippen LogP contribution in [0.1, 0.15) is 18.5 Å². The minimum absolute atomic E-state index is 0.258. The van der Waals surface area contributed by atoms with E-state index < -0.39 is 0 Å². The van der Waals surface area contributed by atoms with Crippen LogP contribution >= 0.6 is 0 Å². The number of piperazine rings is 1. The van der Waals surface area contributed by atoms with Gasteiger partial charge in [-0.2, -0.15) is 0 Å². The number of amides is 1. The van der Waals surface area contributed by atoms with Crippen LogP contribution in [0.25, 0.3) is 0 Å². The largest absolute Gasteiger partial charge is 0.368 e. The number of nitrogens with two attached hydrogens (primary N) is 1. The zero-order chi connectivity index (χ0) is 13.0. The number of hydrogen-bond acceptors (Lipinski definition) is 3. The molecular formula is C14H21N3O. The molecule has 4 heteroatoms. The lowest BCUT2D eigenvalue weighted by molar-refractivity contribution is -0.124. The van der Waals surface area contributed by atoms with E-state index in [4.69, 9.17) is 5.73 Å². The molecule has 2 rings (SSSR count). The monoisotopic (exact) mass is 247 g/mol. The maximum Gasteiger partial charge on any atom is 0.239 e. The molecule has 1 saturated heterocycles. The van der Waals surface area contributed by atoms with Gasteiger partial charge >= 0.3 is 0 Å². The zero-order valence-electron chi connectivity index (χ0n) is 10.9. The molecule has 1 aromatic carbocycles. The van der Waals surface area contributed by atoms with E-state index in [0.29, 0.717) is 0 Å². The Morgan fingerprint density at radius 2 is 1.83 bits per heavy atom. The summed E-state index contributed by atoms with van der Waals surface area (Å²) in [6, 6.07) is 9.52. The lowest BCUT2D eigenvalue weighted by atomic mass is 10.0. The first-order valence-corrected chi connectivity index (χ1v) is 6.53. The Balaban J connectivity index is 2.10. The van der Waals surface area contributed by atoms with Crippen LogP contribution in [0.15, 0.2) is 30.3 Å². The molecule has 0 bridgehead atoms. The van der Waals surface area contributed by atoms with Crippen molar-refractivity contribution in [2.75, 3.05) is 32.7 Å². The molecule has 18 heavy (non-hydrogen) atoms. The van der Waals surface area contributed by atoms with Crippen LogP contribution in [0.2, 0.25) is 0 Å². The number of benzene rings is 1. The number of nitrogens with zero attached hydrogens (tertiary/aromatic N) is 2. The van der Waals surface area contributed by atoms with Crippen molar-refractivity contribution >= 4 is 5.91 Å². The first-order valence-electron chi connectivity index (χ1n) is 6.53. The molecule has 1 unspecified atom stereocenters. The Morgan fingerprint density at radius 3 is 2.33 bits per heavy atom. The molecule has 0 spiro atoms. The summed E-state index contributed by atoms with van der Waals surface area (Å²) in [5.41, 5.74) is 6.57. The molecule has 4 nitrogen and oxygen atoms in total. The maximum absolute atomic E-state index is 11.7. The summed E-state index contributed by atoms with van der Waals surface area (Å²) in [4.78, 5) is 16.3. The standard InChI is InChI=1S/C14H21N3O/c1-2-16-8-10-17(11-9-16)13(14(15)18)12-6-4-3-5-7-12/h3-7,13H,2,8-11H2,1H3,(H2,15,18). The van der Waals surface area contributed by atoms with Gasteiger partial charge in [-0.3, -0.25) is 9.69 Å². The highest BCUT2D eigenvalue weighted by molar-refractivity contribution is 5.81. The van der Waals surface area contributed by atoms with E-state index in [0.717, 1.165) is 38.3 Å². The first-order chi connectivity index (χ1) is 8.72. The van der Waals surface area contributed by atoms with Crippen molar-refractivity contribution in [2.24, 2.45) is 5.73 Å². The summed E-state index contributed by atoms with van der Waals surface area (Å²) in [6.07, 6.45) is 0. The van der Waals surface area contributed by atoms with Gasteiger partial charge < -0.3 is 10.6 Å². The summed E-state index contributed by atoms with van der Waals surface area (Å²) >= 11 is 0. The van der Waals surface area contributed by atoms with Gasteiger partial charge in [0.05, 0.1) is 0 Å². The van der Waals surface area contributed by atoms with Crippen molar-refractivity contribution in [3.8, 4) is 0 Å². The second kappa shape index (κ2) is 5.98. The summed E-state index contributed by atoms with van der Waals surface area (Å²) in [7, 11) is 0. The highest BCUT2D eigenvalue weighted by atomic mass is 16.1. The Morgan fingerprint density at radius 1 is 1.22 bits per heavy atom. The second-order valence-electron chi connectivity index (χ2n) is 4.69. The Labute approximate surface area is 108 Å². The molecule has 0 aliphatic carbocycles. The van der Waals surface area contributed by atoms with Gasteiger partial charge in [-0.1, -0.05) is 37.3 Å². The number of carbonyl (C=O) groups excluding carboxylic acids is 1. The molecule has 0 radical (unpaired) electrons. The van der Waals surface area contributed by atoms with E-state index >= 15 is 0 Å². The molecule has 1 aliphatic rings. The predicted octanol–water partition coefficient (Wildman–Crippen LogP) is 0.850. The number of rotatable bonds is 4. The van der Waals surface area contributed by atoms with Gasteiger partial charge in [0, 0.05) is 26.2 Å². The molecule has 1 aromatic rings. The normalized spacial score (nSPS) is 19.6. The fourth-order valence-corrected chi connectivity index (χ4v) is 2.53. The maximum atomic E-state index is 11.7. The third kappa shape index (κ3) is 2.89. The topological polar surface area (TPSA) is 49.6 Å². The molecule has 0 saturated carbocycles. The van der Waals surface area contributed by atoms with Crippen molar-refractivity contribution < 1.29 is 4.79 Å². The van der Waals surface area contributed by atoms with Crippen LogP contribution in [0, 0.1) is 0 Å². The summed E-state index contributed by atoms with van der Waals surface area (Å²) < 4.78 is 0. The molecule has 2 N–H and O–H groups in total. The SMILES string of the molecule is CCN1CCN(C(C(N)=O)c2ccccc2)CC1. The van der Waals surface area contributed by atoms with Crippen LogP contribution < -0.4 is 5.73 Å². The van der Waals surface area contributed by atoms with E-state index in [2.05, 4.69) is 16.7 Å². The lowest BCUT2D eigenvalue weighted by Gasteiger charge is -2.37. The second-order valence-corrected chi connectivity index (χ2v) is 4.69. The van der Waals surface area contributed by atoms with Gasteiger partial charge in [0.15, 0.2) is 0 Å². The van der Waals surface area contributed by atoms with E-state index in [-0.39, 0.29) is 11.9 Å². The van der Waals surface area contributed by atoms with Gasteiger partial charge in [-0.25, -0.2) is 0 Å².